The fourth-order valence-corrected chi connectivity index (χ4v) is 5.32. The van der Waals surface area contributed by atoms with Gasteiger partial charge in [-0.2, -0.15) is 0 Å². The molecule has 10 heteroatoms. The molecule has 0 saturated heterocycles. The van der Waals surface area contributed by atoms with Crippen LogP contribution < -0.4 is 16.0 Å². The summed E-state index contributed by atoms with van der Waals surface area (Å²) in [6.07, 6.45) is 1.88. The third kappa shape index (κ3) is 7.87. The van der Waals surface area contributed by atoms with Gasteiger partial charge >= 0.3 is 0 Å². The van der Waals surface area contributed by atoms with Crippen LogP contribution in [0.5, 0.6) is 0 Å². The van der Waals surface area contributed by atoms with Gasteiger partial charge in [-0.3, -0.25) is 14.4 Å². The van der Waals surface area contributed by atoms with Gasteiger partial charge in [0.1, 0.15) is 11.5 Å². The van der Waals surface area contributed by atoms with Crippen LogP contribution in [0.1, 0.15) is 35.0 Å². The lowest BCUT2D eigenvalue weighted by Crippen LogP contribution is -2.30. The lowest BCUT2D eigenvalue weighted by atomic mass is 10.1. The molecule has 0 bridgehead atoms. The first-order valence-electron chi connectivity index (χ1n) is 12.5. The monoisotopic (exact) mass is 574 g/mol. The number of hydrogen-bond acceptors (Lipinski definition) is 6. The number of carbonyl (C=O) groups is 3. The number of aryl methyl sites for hydroxylation is 1. The van der Waals surface area contributed by atoms with Crippen LogP contribution in [0.25, 0.3) is 6.08 Å². The number of nitrogens with zero attached hydrogens (tertiary/aromatic N) is 1. The zero-order valence-electron chi connectivity index (χ0n) is 21.8. The zero-order chi connectivity index (χ0) is 28.5. The Bertz CT molecular complexity index is 1540. The highest BCUT2D eigenvalue weighted by molar-refractivity contribution is 8.00. The summed E-state index contributed by atoms with van der Waals surface area (Å²) in [4.78, 5) is 44.0. The fraction of sp³-hybridized carbons (Fsp3) is 0.133. The molecule has 1 atom stereocenters. The van der Waals surface area contributed by atoms with E-state index in [4.69, 9.17) is 0 Å². The first-order valence-corrected chi connectivity index (χ1v) is 14.2. The number of carbonyl (C=O) groups excluding carboxylic acids is 3. The number of anilines is 2. The molecule has 1 aromatic heterocycles. The Kier molecular flexibility index (Phi) is 9.82. The molecule has 40 heavy (non-hydrogen) atoms. The van der Waals surface area contributed by atoms with E-state index in [1.807, 2.05) is 25.3 Å². The Morgan fingerprint density at radius 1 is 1.00 bits per heavy atom. The minimum atomic E-state index is -0.626. The van der Waals surface area contributed by atoms with Crippen molar-refractivity contribution in [1.29, 1.82) is 0 Å². The average Bonchev–Trinajstić information content (AvgIpc) is 3.37. The smallest absolute Gasteiger partial charge is 0.272 e. The molecule has 7 nitrogen and oxygen atoms in total. The van der Waals surface area contributed by atoms with E-state index in [1.165, 1.54) is 41.3 Å². The van der Waals surface area contributed by atoms with Crippen molar-refractivity contribution >= 4 is 57.7 Å². The lowest BCUT2D eigenvalue weighted by molar-refractivity contribution is -0.116. The Morgan fingerprint density at radius 2 is 1.75 bits per heavy atom. The van der Waals surface area contributed by atoms with Crippen LogP contribution in [0.4, 0.5) is 15.2 Å². The number of amides is 3. The predicted octanol–water partition coefficient (Wildman–Crippen LogP) is 6.51. The second-order valence-electron chi connectivity index (χ2n) is 8.68. The summed E-state index contributed by atoms with van der Waals surface area (Å²) in [6, 6.07) is 21.4. The SMILES string of the molecule is CCC(Sc1cccc(NC(=O)/C(=C/c2ccccc2F)NC(=O)c2ccccc2)c1)C(=O)Nc1nc(C)cs1. The number of benzene rings is 3. The van der Waals surface area contributed by atoms with Crippen molar-refractivity contribution in [2.75, 3.05) is 10.6 Å². The van der Waals surface area contributed by atoms with Crippen LogP contribution in [0, 0.1) is 12.7 Å². The summed E-state index contributed by atoms with van der Waals surface area (Å²) in [5.74, 6) is -1.82. The lowest BCUT2D eigenvalue weighted by Gasteiger charge is -2.15. The van der Waals surface area contributed by atoms with Crippen molar-refractivity contribution in [3.05, 3.63) is 113 Å². The van der Waals surface area contributed by atoms with Gasteiger partial charge in [0.15, 0.2) is 5.13 Å². The fourth-order valence-electron chi connectivity index (χ4n) is 3.62. The van der Waals surface area contributed by atoms with Gasteiger partial charge in [0.05, 0.1) is 10.9 Å². The summed E-state index contributed by atoms with van der Waals surface area (Å²) >= 11 is 2.73. The van der Waals surface area contributed by atoms with Gasteiger partial charge in [-0.15, -0.1) is 23.1 Å². The normalized spacial score (nSPS) is 11.9. The molecule has 0 aliphatic heterocycles. The number of rotatable bonds is 10. The Labute approximate surface area is 239 Å². The van der Waals surface area contributed by atoms with Crippen molar-refractivity contribution in [2.45, 2.75) is 30.4 Å². The molecule has 3 amide bonds. The highest BCUT2D eigenvalue weighted by atomic mass is 32.2. The van der Waals surface area contributed by atoms with Crippen molar-refractivity contribution in [3.8, 4) is 0 Å². The van der Waals surface area contributed by atoms with E-state index < -0.39 is 17.6 Å². The Morgan fingerprint density at radius 3 is 2.45 bits per heavy atom. The molecular formula is C30H27FN4O3S2. The van der Waals surface area contributed by atoms with Gasteiger partial charge in [-0.05, 0) is 55.8 Å². The number of nitrogens with one attached hydrogen (secondary N) is 3. The molecule has 1 heterocycles. The van der Waals surface area contributed by atoms with Gasteiger partial charge in [0.25, 0.3) is 11.8 Å². The molecule has 0 aliphatic carbocycles. The molecule has 0 spiro atoms. The number of aromatic nitrogens is 1. The highest BCUT2D eigenvalue weighted by Crippen LogP contribution is 2.29. The quantitative estimate of drug-likeness (QED) is 0.148. The molecule has 0 fully saturated rings. The Hall–Kier alpha value is -4.28. The molecule has 204 valence electrons. The van der Waals surface area contributed by atoms with Gasteiger partial charge in [0.2, 0.25) is 5.91 Å². The number of hydrogen-bond donors (Lipinski definition) is 3. The van der Waals surface area contributed by atoms with Gasteiger partial charge in [-0.1, -0.05) is 49.4 Å². The van der Waals surface area contributed by atoms with Crippen LogP contribution in [0.2, 0.25) is 0 Å². The van der Waals surface area contributed by atoms with E-state index in [0.29, 0.717) is 22.8 Å². The molecule has 3 aromatic carbocycles. The number of halogens is 1. The molecule has 0 radical (unpaired) electrons. The van der Waals surface area contributed by atoms with Crippen molar-refractivity contribution in [1.82, 2.24) is 10.3 Å². The van der Waals surface area contributed by atoms with E-state index >= 15 is 0 Å². The van der Waals surface area contributed by atoms with E-state index in [2.05, 4.69) is 20.9 Å². The van der Waals surface area contributed by atoms with Gasteiger partial charge < -0.3 is 16.0 Å². The predicted molar refractivity (Wildman–Crippen MR) is 159 cm³/mol. The van der Waals surface area contributed by atoms with Crippen LogP contribution >= 0.6 is 23.1 Å². The van der Waals surface area contributed by atoms with Crippen molar-refractivity contribution < 1.29 is 18.8 Å². The van der Waals surface area contributed by atoms with E-state index in [9.17, 15) is 18.8 Å². The highest BCUT2D eigenvalue weighted by Gasteiger charge is 2.20. The van der Waals surface area contributed by atoms with Gasteiger partial charge in [-0.25, -0.2) is 9.37 Å². The van der Waals surface area contributed by atoms with Crippen LogP contribution in [-0.2, 0) is 9.59 Å². The van der Waals surface area contributed by atoms with Gasteiger partial charge in [0, 0.05) is 27.1 Å². The maximum Gasteiger partial charge on any atom is 0.272 e. The summed E-state index contributed by atoms with van der Waals surface area (Å²) in [6.45, 7) is 3.78. The van der Waals surface area contributed by atoms with E-state index in [0.717, 1.165) is 10.6 Å². The second-order valence-corrected chi connectivity index (χ2v) is 10.8. The van der Waals surface area contributed by atoms with Crippen molar-refractivity contribution in [2.24, 2.45) is 0 Å². The topological polar surface area (TPSA) is 100 Å². The minimum Gasteiger partial charge on any atom is -0.321 e. The molecular weight excluding hydrogens is 547 g/mol. The zero-order valence-corrected chi connectivity index (χ0v) is 23.4. The van der Waals surface area contributed by atoms with E-state index in [1.54, 1.807) is 60.7 Å². The second kappa shape index (κ2) is 13.7. The largest absolute Gasteiger partial charge is 0.321 e. The summed E-state index contributed by atoms with van der Waals surface area (Å²) < 4.78 is 14.4. The van der Waals surface area contributed by atoms with Crippen molar-refractivity contribution in [3.63, 3.8) is 0 Å². The first kappa shape index (κ1) is 28.7. The van der Waals surface area contributed by atoms with Crippen LogP contribution in [-0.4, -0.2) is 28.0 Å². The third-order valence-corrected chi connectivity index (χ3v) is 7.85. The summed E-state index contributed by atoms with van der Waals surface area (Å²) in [5.41, 5.74) is 1.67. The molecule has 4 rings (SSSR count). The average molecular weight is 575 g/mol. The molecule has 0 aliphatic rings. The molecule has 4 aromatic rings. The Balaban J connectivity index is 1.51. The molecule has 3 N–H and O–H groups in total. The summed E-state index contributed by atoms with van der Waals surface area (Å²) in [5, 5.41) is 10.3. The first-order chi connectivity index (χ1) is 19.3. The van der Waals surface area contributed by atoms with E-state index in [-0.39, 0.29) is 22.4 Å². The maximum absolute atomic E-state index is 14.4. The summed E-state index contributed by atoms with van der Waals surface area (Å²) in [7, 11) is 0. The standard InChI is InChI=1S/C30H27FN4O3S2/c1-3-26(29(38)35-30-32-19(2)18-39-30)40-23-14-9-13-22(17-23)33-28(37)25(16-21-12-7-8-15-24(21)31)34-27(36)20-10-5-4-6-11-20/h4-18,26H,3H2,1-2H3,(H,33,37)(H,34,36)(H,32,35,38)/b25-16-. The number of thioether (sulfide) groups is 1. The molecule has 1 unspecified atom stereocenters. The third-order valence-electron chi connectivity index (χ3n) is 5.62. The number of thiazole rings is 1. The van der Waals surface area contributed by atoms with Crippen LogP contribution in [0.3, 0.4) is 0 Å². The van der Waals surface area contributed by atoms with Crippen LogP contribution in [0.15, 0.2) is 94.8 Å². The maximum atomic E-state index is 14.4. The minimum absolute atomic E-state index is 0.124. The molecule has 0 saturated carbocycles.